The Kier molecular flexibility index (Phi) is 5.99. The maximum Gasteiger partial charge on any atom is 0.360 e. The number of esters is 1. The number of hydrogen-bond donors (Lipinski definition) is 2. The Morgan fingerprint density at radius 1 is 1.50 bits per heavy atom. The van der Waals surface area contributed by atoms with Gasteiger partial charge in [-0.3, -0.25) is 20.5 Å². The molecule has 0 aromatic heterocycles. The number of rotatable bonds is 6. The molecule has 0 saturated heterocycles. The molecule has 0 amide bonds. The molecule has 22 heavy (non-hydrogen) atoms. The molecule has 0 heterocycles. The van der Waals surface area contributed by atoms with E-state index in [1.54, 1.807) is 13.8 Å². The molecule has 0 aliphatic rings. The average molecular weight is 308 g/mol. The van der Waals surface area contributed by atoms with Crippen molar-refractivity contribution in [1.29, 1.82) is 0 Å². The van der Waals surface area contributed by atoms with Gasteiger partial charge in [0.25, 0.3) is 5.69 Å². The van der Waals surface area contributed by atoms with Crippen LogP contribution in [0, 0.1) is 10.1 Å². The van der Waals surface area contributed by atoms with E-state index in [9.17, 15) is 20.0 Å². The molecule has 1 aromatic carbocycles. The fraction of sp³-hybridized carbons (Fsp3) is 0.308. The molecule has 9 heteroatoms. The molecule has 2 N–H and O–H groups in total. The highest BCUT2D eigenvalue weighted by molar-refractivity contribution is 6.65. The number of phenolic OH excluding ortho intramolecular Hbond substituents is 1. The summed E-state index contributed by atoms with van der Waals surface area (Å²) in [7, 11) is 1.49. The first kappa shape index (κ1) is 17.1. The maximum atomic E-state index is 11.8. The fourth-order valence-electron chi connectivity index (χ4n) is 1.42. The number of hydrazone groups is 1. The van der Waals surface area contributed by atoms with Gasteiger partial charge in [-0.15, -0.1) is 0 Å². The van der Waals surface area contributed by atoms with Crippen LogP contribution in [0.25, 0.3) is 0 Å². The third kappa shape index (κ3) is 4.27. The number of nitrogens with zero attached hydrogens (tertiary/aromatic N) is 3. The zero-order chi connectivity index (χ0) is 16.7. The maximum absolute atomic E-state index is 11.8. The van der Waals surface area contributed by atoms with E-state index in [2.05, 4.69) is 15.5 Å². The van der Waals surface area contributed by atoms with Gasteiger partial charge in [0.05, 0.1) is 29.0 Å². The van der Waals surface area contributed by atoms with Crippen molar-refractivity contribution < 1.29 is 19.6 Å². The summed E-state index contributed by atoms with van der Waals surface area (Å²) in [5.74, 6) is -1.04. The lowest BCUT2D eigenvalue weighted by Gasteiger charge is -2.07. The lowest BCUT2D eigenvalue weighted by atomic mass is 10.2. The molecule has 0 aliphatic carbocycles. The number of aliphatic imine (C=N–C) groups is 1. The number of non-ortho nitro benzene ring substituents is 1. The molecule has 0 bridgehead atoms. The van der Waals surface area contributed by atoms with Gasteiger partial charge < -0.3 is 9.84 Å². The number of anilines is 1. The average Bonchev–Trinajstić information content (AvgIpc) is 2.48. The molecule has 0 radical (unpaired) electrons. The molecule has 0 spiro atoms. The lowest BCUT2D eigenvalue weighted by molar-refractivity contribution is -0.384. The van der Waals surface area contributed by atoms with Crippen LogP contribution < -0.4 is 5.43 Å². The first-order chi connectivity index (χ1) is 10.4. The monoisotopic (exact) mass is 308 g/mol. The van der Waals surface area contributed by atoms with Crippen LogP contribution in [0.5, 0.6) is 5.75 Å². The molecule has 0 atom stereocenters. The van der Waals surface area contributed by atoms with Gasteiger partial charge in [-0.2, -0.15) is 5.10 Å². The van der Waals surface area contributed by atoms with Crippen LogP contribution in [0.2, 0.25) is 0 Å². The predicted octanol–water partition coefficient (Wildman–Crippen LogP) is 1.72. The quantitative estimate of drug-likeness (QED) is 0.271. The van der Waals surface area contributed by atoms with E-state index in [0.717, 1.165) is 6.07 Å². The standard InChI is InChI=1S/C13H16N4O5/c1-4-22-13(19)12(8(2)14-3)16-15-10-6-5-9(17(20)21)7-11(10)18/h5-7,15,18H,4H2,1-3H3/b14-8?,16-12+. The van der Waals surface area contributed by atoms with Crippen molar-refractivity contribution in [3.63, 3.8) is 0 Å². The minimum Gasteiger partial charge on any atom is -0.505 e. The zero-order valence-electron chi connectivity index (χ0n) is 12.4. The van der Waals surface area contributed by atoms with Gasteiger partial charge in [0.2, 0.25) is 0 Å². The molecule has 0 unspecified atom stereocenters. The number of hydrogen-bond acceptors (Lipinski definition) is 8. The molecule has 9 nitrogen and oxygen atoms in total. The van der Waals surface area contributed by atoms with Gasteiger partial charge in [0.1, 0.15) is 5.75 Å². The Morgan fingerprint density at radius 2 is 2.18 bits per heavy atom. The number of nitro benzene ring substituents is 1. The van der Waals surface area contributed by atoms with E-state index in [4.69, 9.17) is 4.74 Å². The summed E-state index contributed by atoms with van der Waals surface area (Å²) in [5, 5.41) is 24.1. The minimum absolute atomic E-state index is 0.0536. The largest absolute Gasteiger partial charge is 0.505 e. The highest BCUT2D eigenvalue weighted by Crippen LogP contribution is 2.27. The Morgan fingerprint density at radius 3 is 2.68 bits per heavy atom. The van der Waals surface area contributed by atoms with Crippen LogP contribution in [0.1, 0.15) is 13.8 Å². The Bertz CT molecular complexity index is 639. The van der Waals surface area contributed by atoms with Crippen LogP contribution in [-0.4, -0.2) is 41.1 Å². The number of ether oxygens (including phenoxy) is 1. The van der Waals surface area contributed by atoms with Crippen molar-refractivity contribution >= 4 is 28.8 Å². The van der Waals surface area contributed by atoms with Crippen LogP contribution in [0.15, 0.2) is 28.3 Å². The molecule has 0 saturated carbocycles. The van der Waals surface area contributed by atoms with Gasteiger partial charge in [-0.1, -0.05) is 0 Å². The predicted molar refractivity (Wildman–Crippen MR) is 81.5 cm³/mol. The Balaban J connectivity index is 3.05. The van der Waals surface area contributed by atoms with Crippen molar-refractivity contribution in [2.24, 2.45) is 10.1 Å². The highest BCUT2D eigenvalue weighted by Gasteiger charge is 2.17. The second-order valence-corrected chi connectivity index (χ2v) is 4.06. The summed E-state index contributed by atoms with van der Waals surface area (Å²) < 4.78 is 4.85. The molecule has 1 aromatic rings. The minimum atomic E-state index is -0.667. The van der Waals surface area contributed by atoms with Crippen LogP contribution >= 0.6 is 0 Å². The summed E-state index contributed by atoms with van der Waals surface area (Å²) in [6.07, 6.45) is 0. The number of phenols is 1. The third-order valence-electron chi connectivity index (χ3n) is 2.63. The van der Waals surface area contributed by atoms with Crippen molar-refractivity contribution in [3.05, 3.63) is 28.3 Å². The van der Waals surface area contributed by atoms with Gasteiger partial charge in [-0.25, -0.2) is 4.79 Å². The molecule has 0 aliphatic heterocycles. The summed E-state index contributed by atoms with van der Waals surface area (Å²) in [6.45, 7) is 3.41. The van der Waals surface area contributed by atoms with E-state index in [1.807, 2.05) is 0 Å². The van der Waals surface area contributed by atoms with Gasteiger partial charge in [-0.05, 0) is 19.9 Å². The summed E-state index contributed by atoms with van der Waals surface area (Å²) >= 11 is 0. The van der Waals surface area contributed by atoms with Crippen LogP contribution in [0.4, 0.5) is 11.4 Å². The second-order valence-electron chi connectivity index (χ2n) is 4.06. The van der Waals surface area contributed by atoms with E-state index >= 15 is 0 Å². The Hall–Kier alpha value is -2.97. The fourth-order valence-corrected chi connectivity index (χ4v) is 1.42. The van der Waals surface area contributed by atoms with Crippen LogP contribution in [0.3, 0.4) is 0 Å². The van der Waals surface area contributed by atoms with Crippen LogP contribution in [-0.2, 0) is 9.53 Å². The zero-order valence-corrected chi connectivity index (χ0v) is 12.4. The van der Waals surface area contributed by atoms with Gasteiger partial charge >= 0.3 is 5.97 Å². The van der Waals surface area contributed by atoms with E-state index in [-0.39, 0.29) is 29.4 Å². The van der Waals surface area contributed by atoms with Gasteiger partial charge in [0.15, 0.2) is 5.71 Å². The van der Waals surface area contributed by atoms with Crippen molar-refractivity contribution in [2.45, 2.75) is 13.8 Å². The third-order valence-corrected chi connectivity index (χ3v) is 2.63. The second kappa shape index (κ2) is 7.72. The summed E-state index contributed by atoms with van der Waals surface area (Å²) in [4.78, 5) is 25.6. The van der Waals surface area contributed by atoms with E-state index < -0.39 is 10.9 Å². The lowest BCUT2D eigenvalue weighted by Crippen LogP contribution is -2.25. The van der Waals surface area contributed by atoms with E-state index in [0.29, 0.717) is 5.71 Å². The molecular formula is C13H16N4O5. The summed E-state index contributed by atoms with van der Waals surface area (Å²) in [6, 6.07) is 3.45. The number of nitro groups is 1. The van der Waals surface area contributed by atoms with Crippen molar-refractivity contribution in [3.8, 4) is 5.75 Å². The molecule has 0 fully saturated rings. The first-order valence-electron chi connectivity index (χ1n) is 6.32. The first-order valence-corrected chi connectivity index (χ1v) is 6.32. The molecule has 118 valence electrons. The number of carbonyl (C=O) groups excluding carboxylic acids is 1. The topological polar surface area (TPSA) is 126 Å². The van der Waals surface area contributed by atoms with Crippen molar-refractivity contribution in [1.82, 2.24) is 0 Å². The van der Waals surface area contributed by atoms with Crippen molar-refractivity contribution in [2.75, 3.05) is 19.1 Å². The smallest absolute Gasteiger partial charge is 0.360 e. The molecule has 1 rings (SSSR count). The molecular weight excluding hydrogens is 292 g/mol. The number of carbonyl (C=O) groups is 1. The van der Waals surface area contributed by atoms with Gasteiger partial charge in [0, 0.05) is 13.1 Å². The SMILES string of the molecule is CCOC(=O)/C(=N/Nc1ccc([N+](=O)[O-])cc1O)C(C)=NC. The number of aromatic hydroxyl groups is 1. The normalized spacial score (nSPS) is 12.0. The number of benzene rings is 1. The summed E-state index contributed by atoms with van der Waals surface area (Å²) in [5.41, 5.74) is 2.60. The number of nitrogens with one attached hydrogen (secondary N) is 1. The Labute approximate surface area is 126 Å². The highest BCUT2D eigenvalue weighted by atomic mass is 16.6. The van der Waals surface area contributed by atoms with E-state index in [1.165, 1.54) is 19.2 Å².